The third kappa shape index (κ3) is 3.67. The first-order chi connectivity index (χ1) is 13.9. The number of hydrogen-bond donors (Lipinski definition) is 0. The lowest BCUT2D eigenvalue weighted by molar-refractivity contribution is -0.140. The molecule has 29 heavy (non-hydrogen) atoms. The molecule has 9 heteroatoms. The fraction of sp³-hybridized carbons (Fsp3) is 0.400. The smallest absolute Gasteiger partial charge is 0.267 e. The first-order valence-corrected chi connectivity index (χ1v) is 9.48. The van der Waals surface area contributed by atoms with Crippen molar-refractivity contribution >= 4 is 11.8 Å². The highest BCUT2D eigenvalue weighted by Gasteiger charge is 2.28. The van der Waals surface area contributed by atoms with Gasteiger partial charge in [0.05, 0.1) is 5.69 Å². The fourth-order valence-electron chi connectivity index (χ4n) is 3.52. The Kier molecular flexibility index (Phi) is 4.96. The van der Waals surface area contributed by atoms with Crippen LogP contribution in [-0.4, -0.2) is 64.4 Å². The SMILES string of the molecule is CC(=O)N1CCN(C(=O)C(C)n2nc(-c3ccc4c(c3)OCO4)ccc2=O)CC1. The Hall–Kier alpha value is -3.36. The number of ether oxygens (including phenoxy) is 2. The van der Waals surface area contributed by atoms with Crippen molar-refractivity contribution in [1.29, 1.82) is 0 Å². The van der Waals surface area contributed by atoms with Crippen molar-refractivity contribution in [3.8, 4) is 22.8 Å². The van der Waals surface area contributed by atoms with Gasteiger partial charge < -0.3 is 19.3 Å². The van der Waals surface area contributed by atoms with Crippen LogP contribution in [-0.2, 0) is 9.59 Å². The van der Waals surface area contributed by atoms with Gasteiger partial charge in [-0.3, -0.25) is 14.4 Å². The summed E-state index contributed by atoms with van der Waals surface area (Å²) in [4.78, 5) is 40.2. The molecule has 1 unspecified atom stereocenters. The van der Waals surface area contributed by atoms with Crippen LogP contribution >= 0.6 is 0 Å². The highest BCUT2D eigenvalue weighted by molar-refractivity contribution is 5.80. The Bertz CT molecular complexity index is 1010. The summed E-state index contributed by atoms with van der Waals surface area (Å²) in [5.41, 5.74) is 0.972. The standard InChI is InChI=1S/C20H22N4O5/c1-13(20(27)23-9-7-22(8-10-23)14(2)25)24-19(26)6-4-16(21-24)15-3-5-17-18(11-15)29-12-28-17/h3-6,11,13H,7-10,12H2,1-2H3. The summed E-state index contributed by atoms with van der Waals surface area (Å²) in [5, 5.41) is 4.42. The maximum Gasteiger partial charge on any atom is 0.267 e. The van der Waals surface area contributed by atoms with Crippen LogP contribution in [0.4, 0.5) is 0 Å². The van der Waals surface area contributed by atoms with Crippen molar-refractivity contribution in [2.75, 3.05) is 33.0 Å². The van der Waals surface area contributed by atoms with Gasteiger partial charge in [-0.15, -0.1) is 0 Å². The van der Waals surface area contributed by atoms with Crippen LogP contribution in [0.3, 0.4) is 0 Å². The van der Waals surface area contributed by atoms with Crippen LogP contribution < -0.4 is 15.0 Å². The van der Waals surface area contributed by atoms with E-state index in [0.717, 1.165) is 5.56 Å². The topological polar surface area (TPSA) is 94.0 Å². The van der Waals surface area contributed by atoms with Crippen molar-refractivity contribution in [1.82, 2.24) is 19.6 Å². The predicted octanol–water partition coefficient (Wildman–Crippen LogP) is 0.891. The van der Waals surface area contributed by atoms with Gasteiger partial charge in [-0.05, 0) is 31.2 Å². The molecule has 2 aromatic rings. The second-order valence-electron chi connectivity index (χ2n) is 7.08. The molecule has 0 radical (unpaired) electrons. The molecule has 9 nitrogen and oxygen atoms in total. The molecule has 2 aliphatic heterocycles. The second-order valence-corrected chi connectivity index (χ2v) is 7.08. The molecule has 2 amide bonds. The number of aromatic nitrogens is 2. The van der Waals surface area contributed by atoms with E-state index in [4.69, 9.17) is 9.47 Å². The molecule has 3 heterocycles. The van der Waals surface area contributed by atoms with Gasteiger partial charge in [-0.1, -0.05) is 0 Å². The van der Waals surface area contributed by atoms with E-state index in [1.54, 1.807) is 34.9 Å². The first-order valence-electron chi connectivity index (χ1n) is 9.48. The number of nitrogens with zero attached hydrogens (tertiary/aromatic N) is 4. The summed E-state index contributed by atoms with van der Waals surface area (Å²) in [7, 11) is 0. The molecule has 4 rings (SSSR count). The van der Waals surface area contributed by atoms with Gasteiger partial charge in [0, 0.05) is 44.7 Å². The van der Waals surface area contributed by atoms with E-state index in [1.807, 2.05) is 6.07 Å². The minimum atomic E-state index is -0.750. The molecule has 1 aromatic heterocycles. The van der Waals surface area contributed by atoms with E-state index in [0.29, 0.717) is 43.4 Å². The molecule has 0 bridgehead atoms. The molecule has 1 saturated heterocycles. The summed E-state index contributed by atoms with van der Waals surface area (Å²) >= 11 is 0. The summed E-state index contributed by atoms with van der Waals surface area (Å²) in [6.45, 7) is 5.23. The maximum atomic E-state index is 12.9. The van der Waals surface area contributed by atoms with E-state index in [2.05, 4.69) is 5.10 Å². The van der Waals surface area contributed by atoms with Crippen LogP contribution in [0.5, 0.6) is 11.5 Å². The number of benzene rings is 1. The average Bonchev–Trinajstić information content (AvgIpc) is 3.21. The van der Waals surface area contributed by atoms with Gasteiger partial charge in [0.2, 0.25) is 18.6 Å². The number of rotatable bonds is 3. The molecule has 152 valence electrons. The minimum absolute atomic E-state index is 0.000499. The Morgan fingerprint density at radius 2 is 1.69 bits per heavy atom. The average molecular weight is 398 g/mol. The quantitative estimate of drug-likeness (QED) is 0.762. The molecular formula is C20H22N4O5. The molecule has 0 spiro atoms. The van der Waals surface area contributed by atoms with Crippen LogP contribution in [0, 0.1) is 0 Å². The van der Waals surface area contributed by atoms with Gasteiger partial charge in [0.25, 0.3) is 5.56 Å². The van der Waals surface area contributed by atoms with Gasteiger partial charge >= 0.3 is 0 Å². The third-order valence-corrected chi connectivity index (χ3v) is 5.25. The van der Waals surface area contributed by atoms with Crippen molar-refractivity contribution in [2.45, 2.75) is 19.9 Å². The monoisotopic (exact) mass is 398 g/mol. The first kappa shape index (κ1) is 19.0. The predicted molar refractivity (Wildman–Crippen MR) is 104 cm³/mol. The maximum absolute atomic E-state index is 12.9. The number of carbonyl (C=O) groups is 2. The summed E-state index contributed by atoms with van der Waals surface area (Å²) < 4.78 is 11.9. The molecule has 0 N–H and O–H groups in total. The zero-order valence-corrected chi connectivity index (χ0v) is 16.3. The number of hydrogen-bond acceptors (Lipinski definition) is 6. The Morgan fingerprint density at radius 1 is 1.00 bits per heavy atom. The van der Waals surface area contributed by atoms with Crippen LogP contribution in [0.2, 0.25) is 0 Å². The molecule has 0 saturated carbocycles. The van der Waals surface area contributed by atoms with Crippen molar-refractivity contribution < 1.29 is 19.1 Å². The molecular weight excluding hydrogens is 376 g/mol. The zero-order chi connectivity index (χ0) is 20.5. The normalized spacial score (nSPS) is 16.6. The van der Waals surface area contributed by atoms with Crippen molar-refractivity contribution in [3.63, 3.8) is 0 Å². The minimum Gasteiger partial charge on any atom is -0.454 e. The van der Waals surface area contributed by atoms with Gasteiger partial charge in [-0.2, -0.15) is 5.10 Å². The number of piperazine rings is 1. The fourth-order valence-corrected chi connectivity index (χ4v) is 3.52. The number of fused-ring (bicyclic) bond motifs is 1. The second kappa shape index (κ2) is 7.57. The van der Waals surface area contributed by atoms with E-state index in [9.17, 15) is 14.4 Å². The molecule has 2 aliphatic rings. The highest BCUT2D eigenvalue weighted by Crippen LogP contribution is 2.35. The molecule has 1 atom stereocenters. The van der Waals surface area contributed by atoms with E-state index in [-0.39, 0.29) is 24.2 Å². The third-order valence-electron chi connectivity index (χ3n) is 5.25. The van der Waals surface area contributed by atoms with Gasteiger partial charge in [0.15, 0.2) is 11.5 Å². The molecule has 1 fully saturated rings. The lowest BCUT2D eigenvalue weighted by Gasteiger charge is -2.35. The zero-order valence-electron chi connectivity index (χ0n) is 16.3. The summed E-state index contributed by atoms with van der Waals surface area (Å²) in [5.74, 6) is 1.09. The van der Waals surface area contributed by atoms with Crippen LogP contribution in [0.25, 0.3) is 11.3 Å². The summed E-state index contributed by atoms with van der Waals surface area (Å²) in [6, 6.07) is 7.70. The largest absolute Gasteiger partial charge is 0.454 e. The van der Waals surface area contributed by atoms with E-state index in [1.165, 1.54) is 17.7 Å². The highest BCUT2D eigenvalue weighted by atomic mass is 16.7. The Morgan fingerprint density at radius 3 is 2.41 bits per heavy atom. The van der Waals surface area contributed by atoms with Crippen molar-refractivity contribution in [3.05, 3.63) is 40.7 Å². The van der Waals surface area contributed by atoms with E-state index < -0.39 is 6.04 Å². The van der Waals surface area contributed by atoms with Crippen molar-refractivity contribution in [2.24, 2.45) is 0 Å². The lowest BCUT2D eigenvalue weighted by Crippen LogP contribution is -2.52. The number of carbonyl (C=O) groups excluding carboxylic acids is 2. The van der Waals surface area contributed by atoms with Gasteiger partial charge in [-0.25, -0.2) is 4.68 Å². The van der Waals surface area contributed by atoms with Gasteiger partial charge in [0.1, 0.15) is 6.04 Å². The number of amides is 2. The van der Waals surface area contributed by atoms with E-state index >= 15 is 0 Å². The summed E-state index contributed by atoms with van der Waals surface area (Å²) in [6.07, 6.45) is 0. The van der Waals surface area contributed by atoms with Crippen LogP contribution in [0.1, 0.15) is 19.9 Å². The molecule has 0 aliphatic carbocycles. The lowest BCUT2D eigenvalue weighted by atomic mass is 10.1. The Balaban J connectivity index is 1.55. The molecule has 1 aromatic carbocycles. The Labute approximate surface area is 167 Å². The van der Waals surface area contributed by atoms with Crippen LogP contribution in [0.15, 0.2) is 35.1 Å².